The number of thiocarbonyl (C=S) groups is 1. The van der Waals surface area contributed by atoms with Gasteiger partial charge in [-0.25, -0.2) is 0 Å². The van der Waals surface area contributed by atoms with E-state index in [-0.39, 0.29) is 17.2 Å². The number of carbonyl (C=O) groups excluding carboxylic acids is 1. The molecule has 0 saturated carbocycles. The molecule has 0 unspecified atom stereocenters. The third-order valence-corrected chi connectivity index (χ3v) is 3.23. The van der Waals surface area contributed by atoms with E-state index in [1.54, 1.807) is 13.8 Å². The maximum Gasteiger partial charge on any atom is 0.417 e. The first-order valence-corrected chi connectivity index (χ1v) is 6.06. The van der Waals surface area contributed by atoms with Crippen molar-refractivity contribution in [3.8, 4) is 0 Å². The fourth-order valence-corrected chi connectivity index (χ4v) is 1.25. The molecule has 110 valence electrons. The number of halogens is 3. The van der Waals surface area contributed by atoms with Gasteiger partial charge in [0.25, 0.3) is 5.91 Å². The molecule has 0 spiro atoms. The molecule has 0 aliphatic carbocycles. The van der Waals surface area contributed by atoms with Crippen LogP contribution in [-0.4, -0.2) is 22.4 Å². The predicted molar refractivity (Wildman–Crippen MR) is 72.1 cm³/mol. The number of nitrogens with one attached hydrogen (secondary N) is 1. The number of nitrogens with zero attached hydrogens (tertiary/aromatic N) is 1. The molecule has 1 rings (SSSR count). The molecule has 3 N–H and O–H groups in total. The minimum Gasteiger partial charge on any atom is -0.393 e. The van der Waals surface area contributed by atoms with E-state index in [0.717, 1.165) is 12.1 Å². The number of amides is 1. The largest absolute Gasteiger partial charge is 0.417 e. The molecule has 1 heterocycles. The Morgan fingerprint density at radius 2 is 2.00 bits per heavy atom. The highest BCUT2D eigenvalue weighted by Gasteiger charge is 2.31. The number of alkyl halides is 3. The van der Waals surface area contributed by atoms with Crippen molar-refractivity contribution >= 4 is 23.1 Å². The molecule has 0 aliphatic rings. The van der Waals surface area contributed by atoms with Crippen molar-refractivity contribution in [2.45, 2.75) is 20.0 Å². The van der Waals surface area contributed by atoms with Crippen molar-refractivity contribution in [3.63, 3.8) is 0 Å². The number of hydrogen-bond donors (Lipinski definition) is 2. The molecule has 0 aromatic carbocycles. The number of carbonyl (C=O) groups is 1. The molecule has 0 fully saturated rings. The van der Waals surface area contributed by atoms with Crippen LogP contribution >= 0.6 is 12.2 Å². The zero-order chi connectivity index (χ0) is 15.6. The lowest BCUT2D eigenvalue weighted by molar-refractivity contribution is -0.137. The Morgan fingerprint density at radius 1 is 1.40 bits per heavy atom. The number of nitrogens with two attached hydrogens (primary N) is 1. The van der Waals surface area contributed by atoms with E-state index in [1.807, 2.05) is 0 Å². The molecular formula is C12H14F3N3OS. The fraction of sp³-hybridized carbons (Fsp3) is 0.417. The van der Waals surface area contributed by atoms with E-state index in [9.17, 15) is 18.0 Å². The molecule has 0 aliphatic heterocycles. The summed E-state index contributed by atoms with van der Waals surface area (Å²) in [7, 11) is 0. The summed E-state index contributed by atoms with van der Waals surface area (Å²) in [5.41, 5.74) is 3.91. The van der Waals surface area contributed by atoms with Gasteiger partial charge in [-0.2, -0.15) is 13.2 Å². The fourth-order valence-electron chi connectivity index (χ4n) is 1.17. The maximum absolute atomic E-state index is 12.3. The van der Waals surface area contributed by atoms with Gasteiger partial charge in [-0.05, 0) is 12.1 Å². The number of hydrogen-bond acceptors (Lipinski definition) is 3. The second kappa shape index (κ2) is 5.74. The summed E-state index contributed by atoms with van der Waals surface area (Å²) in [6.45, 7) is 3.66. The first-order chi connectivity index (χ1) is 9.04. The summed E-state index contributed by atoms with van der Waals surface area (Å²) < 4.78 is 37.0. The molecule has 1 amide bonds. The van der Waals surface area contributed by atoms with Crippen molar-refractivity contribution < 1.29 is 18.0 Å². The van der Waals surface area contributed by atoms with E-state index < -0.39 is 23.1 Å². The Kier molecular flexibility index (Phi) is 4.69. The van der Waals surface area contributed by atoms with E-state index in [0.29, 0.717) is 6.20 Å². The first-order valence-electron chi connectivity index (χ1n) is 5.65. The highest BCUT2D eigenvalue weighted by molar-refractivity contribution is 7.80. The van der Waals surface area contributed by atoms with Gasteiger partial charge in [0.1, 0.15) is 5.69 Å². The summed E-state index contributed by atoms with van der Waals surface area (Å²) in [5.74, 6) is -0.581. The van der Waals surface area contributed by atoms with Gasteiger partial charge >= 0.3 is 6.18 Å². The summed E-state index contributed by atoms with van der Waals surface area (Å²) in [6, 6.07) is 1.83. The van der Waals surface area contributed by atoms with Gasteiger partial charge < -0.3 is 11.1 Å². The van der Waals surface area contributed by atoms with Crippen LogP contribution in [0.4, 0.5) is 13.2 Å². The molecule has 0 bridgehead atoms. The van der Waals surface area contributed by atoms with Gasteiger partial charge in [0.15, 0.2) is 0 Å². The average molecular weight is 305 g/mol. The summed E-state index contributed by atoms with van der Waals surface area (Å²) in [5, 5.41) is 2.53. The molecule has 0 saturated heterocycles. The molecular weight excluding hydrogens is 291 g/mol. The molecule has 0 radical (unpaired) electrons. The Labute approximate surface area is 119 Å². The van der Waals surface area contributed by atoms with Crippen LogP contribution in [0.3, 0.4) is 0 Å². The lowest BCUT2D eigenvalue weighted by Gasteiger charge is -2.23. The lowest BCUT2D eigenvalue weighted by atomic mass is 9.93. The smallest absolute Gasteiger partial charge is 0.393 e. The van der Waals surface area contributed by atoms with Crippen molar-refractivity contribution in [2.24, 2.45) is 11.1 Å². The Bertz CT molecular complexity index is 512. The lowest BCUT2D eigenvalue weighted by Crippen LogP contribution is -2.41. The molecule has 20 heavy (non-hydrogen) atoms. The van der Waals surface area contributed by atoms with Gasteiger partial charge in [0.05, 0.1) is 10.6 Å². The Hall–Kier alpha value is -1.70. The van der Waals surface area contributed by atoms with Gasteiger partial charge in [0.2, 0.25) is 0 Å². The molecule has 1 aromatic heterocycles. The van der Waals surface area contributed by atoms with Crippen molar-refractivity contribution in [3.05, 3.63) is 29.6 Å². The highest BCUT2D eigenvalue weighted by atomic mass is 32.1. The standard InChI is InChI=1S/C12H14F3N3OS/c1-11(2,10(16)20)6-18-9(19)8-4-3-7(5-17-8)12(13,14)15/h3-5H,6H2,1-2H3,(H2,16,20)(H,18,19). The van der Waals surface area contributed by atoms with Crippen LogP contribution < -0.4 is 11.1 Å². The van der Waals surface area contributed by atoms with Crippen molar-refractivity contribution in [2.75, 3.05) is 6.54 Å². The van der Waals surface area contributed by atoms with Crippen LogP contribution in [0.25, 0.3) is 0 Å². The van der Waals surface area contributed by atoms with E-state index >= 15 is 0 Å². The monoisotopic (exact) mass is 305 g/mol. The van der Waals surface area contributed by atoms with Crippen molar-refractivity contribution in [1.29, 1.82) is 0 Å². The maximum atomic E-state index is 12.3. The van der Waals surface area contributed by atoms with Gasteiger partial charge in [-0.15, -0.1) is 0 Å². The van der Waals surface area contributed by atoms with Crippen molar-refractivity contribution in [1.82, 2.24) is 10.3 Å². The first kappa shape index (κ1) is 16.4. The molecule has 8 heteroatoms. The van der Waals surface area contributed by atoms with Crippen LogP contribution in [0.1, 0.15) is 29.9 Å². The van der Waals surface area contributed by atoms with Crippen LogP contribution in [-0.2, 0) is 6.18 Å². The average Bonchev–Trinajstić information content (AvgIpc) is 2.35. The van der Waals surface area contributed by atoms with Crippen LogP contribution in [0.15, 0.2) is 18.3 Å². The normalized spacial score (nSPS) is 12.1. The highest BCUT2D eigenvalue weighted by Crippen LogP contribution is 2.28. The molecule has 0 atom stereocenters. The summed E-state index contributed by atoms with van der Waals surface area (Å²) >= 11 is 4.84. The third-order valence-electron chi connectivity index (χ3n) is 2.68. The summed E-state index contributed by atoms with van der Waals surface area (Å²) in [4.78, 5) is 15.5. The Balaban J connectivity index is 2.72. The van der Waals surface area contributed by atoms with Crippen LogP contribution in [0.2, 0.25) is 0 Å². The molecule has 1 aromatic rings. The predicted octanol–water partition coefficient (Wildman–Crippen LogP) is 2.14. The second-order valence-corrected chi connectivity index (χ2v) is 5.30. The zero-order valence-electron chi connectivity index (χ0n) is 10.9. The minimum absolute atomic E-state index is 0.100. The quantitative estimate of drug-likeness (QED) is 0.836. The Morgan fingerprint density at radius 3 is 2.40 bits per heavy atom. The topological polar surface area (TPSA) is 68.0 Å². The zero-order valence-corrected chi connectivity index (χ0v) is 11.7. The second-order valence-electron chi connectivity index (χ2n) is 4.86. The van der Waals surface area contributed by atoms with Crippen LogP contribution in [0, 0.1) is 5.41 Å². The minimum atomic E-state index is -4.48. The third kappa shape index (κ3) is 4.16. The SMILES string of the molecule is CC(C)(CNC(=O)c1ccc(C(F)(F)F)cn1)C(N)=S. The van der Waals surface area contributed by atoms with Gasteiger partial charge in [-0.3, -0.25) is 9.78 Å². The number of aromatic nitrogens is 1. The van der Waals surface area contributed by atoms with E-state index in [1.165, 1.54) is 0 Å². The summed E-state index contributed by atoms with van der Waals surface area (Å²) in [6.07, 6.45) is -3.86. The molecule has 4 nitrogen and oxygen atoms in total. The van der Waals surface area contributed by atoms with E-state index in [2.05, 4.69) is 10.3 Å². The number of pyridine rings is 1. The van der Waals surface area contributed by atoms with Gasteiger partial charge in [-0.1, -0.05) is 26.1 Å². The number of rotatable bonds is 4. The van der Waals surface area contributed by atoms with Gasteiger partial charge in [0, 0.05) is 18.2 Å². The van der Waals surface area contributed by atoms with Crippen LogP contribution in [0.5, 0.6) is 0 Å². The van der Waals surface area contributed by atoms with E-state index in [4.69, 9.17) is 18.0 Å².